The molecular formula is C18H20ClNO5. The lowest BCUT2D eigenvalue weighted by Gasteiger charge is -2.33. The van der Waals surface area contributed by atoms with Gasteiger partial charge in [-0.3, -0.25) is 9.59 Å². The first kappa shape index (κ1) is 19.0. The van der Waals surface area contributed by atoms with E-state index in [1.165, 1.54) is 12.0 Å². The molecule has 0 radical (unpaired) electrons. The molecule has 1 atom stereocenters. The van der Waals surface area contributed by atoms with Gasteiger partial charge in [-0.05, 0) is 31.5 Å². The Bertz CT molecular complexity index is 728. The predicted molar refractivity (Wildman–Crippen MR) is 91.9 cm³/mol. The predicted octanol–water partition coefficient (Wildman–Crippen LogP) is 2.67. The zero-order valence-electron chi connectivity index (χ0n) is 14.4. The minimum Gasteiger partial charge on any atom is -0.466 e. The fourth-order valence-electron chi connectivity index (χ4n) is 2.92. The molecule has 134 valence electrons. The number of hydrogen-bond acceptors (Lipinski definition) is 5. The van der Waals surface area contributed by atoms with Crippen LogP contribution in [0.15, 0.2) is 35.5 Å². The van der Waals surface area contributed by atoms with E-state index in [0.29, 0.717) is 16.3 Å². The number of esters is 2. The third-order valence-corrected chi connectivity index (χ3v) is 4.31. The van der Waals surface area contributed by atoms with Crippen LogP contribution in [-0.4, -0.2) is 43.0 Å². The largest absolute Gasteiger partial charge is 0.466 e. The standard InChI is InChI=1S/C18H20ClNO5/c1-4-25-16(22)10-20-11(2)17(18(23)24-3)14(9-15(20)21)12-6-5-7-13(19)8-12/h5-8,14H,4,9-10H2,1-3H3/t14-/m0/s1. The van der Waals surface area contributed by atoms with Crippen LogP contribution in [-0.2, 0) is 23.9 Å². The lowest BCUT2D eigenvalue weighted by molar-refractivity contribution is -0.148. The summed E-state index contributed by atoms with van der Waals surface area (Å²) in [6, 6.07) is 7.01. The molecule has 0 fully saturated rings. The summed E-state index contributed by atoms with van der Waals surface area (Å²) in [5, 5.41) is 0.515. The van der Waals surface area contributed by atoms with E-state index in [9.17, 15) is 14.4 Å². The highest BCUT2D eigenvalue weighted by atomic mass is 35.5. The Hall–Kier alpha value is -2.34. The topological polar surface area (TPSA) is 72.9 Å². The van der Waals surface area contributed by atoms with Crippen molar-refractivity contribution in [2.45, 2.75) is 26.2 Å². The summed E-state index contributed by atoms with van der Waals surface area (Å²) < 4.78 is 9.80. The lowest BCUT2D eigenvalue weighted by atomic mass is 9.83. The summed E-state index contributed by atoms with van der Waals surface area (Å²) in [6.07, 6.45) is 0.0432. The number of carbonyl (C=O) groups is 3. The van der Waals surface area contributed by atoms with Crippen molar-refractivity contribution >= 4 is 29.4 Å². The van der Waals surface area contributed by atoms with Crippen molar-refractivity contribution in [2.75, 3.05) is 20.3 Å². The monoisotopic (exact) mass is 365 g/mol. The molecule has 0 saturated heterocycles. The minimum absolute atomic E-state index is 0.0432. The van der Waals surface area contributed by atoms with E-state index in [4.69, 9.17) is 21.1 Å². The normalized spacial score (nSPS) is 17.5. The van der Waals surface area contributed by atoms with Crippen LogP contribution >= 0.6 is 11.6 Å². The van der Waals surface area contributed by atoms with Crippen LogP contribution in [0.2, 0.25) is 5.02 Å². The van der Waals surface area contributed by atoms with Gasteiger partial charge in [0.05, 0.1) is 19.3 Å². The molecule has 1 heterocycles. The Labute approximate surface area is 151 Å². The number of amides is 1. The Kier molecular flexibility index (Phi) is 6.20. The van der Waals surface area contributed by atoms with E-state index >= 15 is 0 Å². The van der Waals surface area contributed by atoms with E-state index in [1.807, 2.05) is 0 Å². The third kappa shape index (κ3) is 4.20. The summed E-state index contributed by atoms with van der Waals surface area (Å²) in [6.45, 7) is 3.30. The molecule has 0 aromatic heterocycles. The van der Waals surface area contributed by atoms with Crippen molar-refractivity contribution in [1.82, 2.24) is 4.90 Å². The van der Waals surface area contributed by atoms with Crippen molar-refractivity contribution < 1.29 is 23.9 Å². The van der Waals surface area contributed by atoms with Gasteiger partial charge in [0.1, 0.15) is 6.54 Å². The second kappa shape index (κ2) is 8.16. The van der Waals surface area contributed by atoms with Gasteiger partial charge in [-0.15, -0.1) is 0 Å². The molecule has 0 saturated carbocycles. The first-order valence-electron chi connectivity index (χ1n) is 7.89. The maximum Gasteiger partial charge on any atom is 0.336 e. The SMILES string of the molecule is CCOC(=O)CN1C(=O)C[C@@H](c2cccc(Cl)c2)C(C(=O)OC)=C1C. The average molecular weight is 366 g/mol. The van der Waals surface area contributed by atoms with Crippen molar-refractivity contribution in [1.29, 1.82) is 0 Å². The van der Waals surface area contributed by atoms with Crippen LogP contribution in [0.1, 0.15) is 31.7 Å². The van der Waals surface area contributed by atoms with E-state index in [-0.39, 0.29) is 25.5 Å². The van der Waals surface area contributed by atoms with Crippen LogP contribution in [0, 0.1) is 0 Å². The number of methoxy groups -OCH3 is 1. The number of carbonyl (C=O) groups excluding carboxylic acids is 3. The van der Waals surface area contributed by atoms with E-state index < -0.39 is 17.9 Å². The first-order valence-corrected chi connectivity index (χ1v) is 8.27. The molecule has 2 rings (SSSR count). The van der Waals surface area contributed by atoms with Crippen LogP contribution in [0.5, 0.6) is 0 Å². The van der Waals surface area contributed by atoms with E-state index in [0.717, 1.165) is 5.56 Å². The molecule has 1 amide bonds. The van der Waals surface area contributed by atoms with Gasteiger partial charge in [-0.25, -0.2) is 4.79 Å². The molecule has 0 aliphatic carbocycles. The molecule has 1 aromatic carbocycles. The van der Waals surface area contributed by atoms with Crippen LogP contribution in [0.3, 0.4) is 0 Å². The highest BCUT2D eigenvalue weighted by molar-refractivity contribution is 6.30. The van der Waals surface area contributed by atoms with Crippen molar-refractivity contribution in [3.05, 3.63) is 46.1 Å². The van der Waals surface area contributed by atoms with E-state index in [1.54, 1.807) is 38.1 Å². The van der Waals surface area contributed by atoms with Gasteiger partial charge in [-0.2, -0.15) is 0 Å². The Morgan fingerprint density at radius 1 is 1.36 bits per heavy atom. The lowest BCUT2D eigenvalue weighted by Crippen LogP contribution is -2.41. The molecule has 1 aromatic rings. The van der Waals surface area contributed by atoms with Crippen molar-refractivity contribution in [2.24, 2.45) is 0 Å². The second-order valence-corrected chi connectivity index (χ2v) is 6.02. The summed E-state index contributed by atoms with van der Waals surface area (Å²) in [7, 11) is 1.28. The number of allylic oxidation sites excluding steroid dienone is 1. The second-order valence-electron chi connectivity index (χ2n) is 5.59. The van der Waals surface area contributed by atoms with Crippen molar-refractivity contribution in [3.63, 3.8) is 0 Å². The minimum atomic E-state index is -0.538. The van der Waals surface area contributed by atoms with Gasteiger partial charge < -0.3 is 14.4 Å². The molecule has 7 heteroatoms. The van der Waals surface area contributed by atoms with Crippen LogP contribution < -0.4 is 0 Å². The third-order valence-electron chi connectivity index (χ3n) is 4.07. The maximum absolute atomic E-state index is 12.6. The number of hydrogen-bond donors (Lipinski definition) is 0. The molecule has 0 spiro atoms. The van der Waals surface area contributed by atoms with Gasteiger partial charge in [0.25, 0.3) is 0 Å². The number of benzene rings is 1. The Balaban J connectivity index is 2.46. The summed E-state index contributed by atoms with van der Waals surface area (Å²) in [5.41, 5.74) is 1.48. The average Bonchev–Trinajstić information content (AvgIpc) is 2.57. The summed E-state index contributed by atoms with van der Waals surface area (Å²) in [5.74, 6) is -1.80. The fraction of sp³-hybridized carbons (Fsp3) is 0.389. The first-order chi connectivity index (χ1) is 11.9. The summed E-state index contributed by atoms with van der Waals surface area (Å²) >= 11 is 6.04. The van der Waals surface area contributed by atoms with Gasteiger partial charge in [0.2, 0.25) is 5.91 Å². The molecule has 0 N–H and O–H groups in total. The van der Waals surface area contributed by atoms with Crippen LogP contribution in [0.25, 0.3) is 0 Å². The van der Waals surface area contributed by atoms with Gasteiger partial charge in [0, 0.05) is 23.1 Å². The Morgan fingerprint density at radius 3 is 2.68 bits per heavy atom. The Morgan fingerprint density at radius 2 is 2.08 bits per heavy atom. The summed E-state index contributed by atoms with van der Waals surface area (Å²) in [4.78, 5) is 38.0. The van der Waals surface area contributed by atoms with Gasteiger partial charge >= 0.3 is 11.9 Å². The molecule has 1 aliphatic rings. The zero-order chi connectivity index (χ0) is 18.6. The number of rotatable bonds is 5. The number of nitrogens with zero attached hydrogens (tertiary/aromatic N) is 1. The molecule has 25 heavy (non-hydrogen) atoms. The van der Waals surface area contributed by atoms with E-state index in [2.05, 4.69) is 0 Å². The smallest absolute Gasteiger partial charge is 0.336 e. The number of ether oxygens (including phenoxy) is 2. The molecule has 0 unspecified atom stereocenters. The number of halogens is 1. The fourth-order valence-corrected chi connectivity index (χ4v) is 3.12. The molecule has 6 nitrogen and oxygen atoms in total. The van der Waals surface area contributed by atoms with Crippen LogP contribution in [0.4, 0.5) is 0 Å². The molecule has 0 bridgehead atoms. The highest BCUT2D eigenvalue weighted by Gasteiger charge is 2.37. The maximum atomic E-state index is 12.6. The zero-order valence-corrected chi connectivity index (χ0v) is 15.1. The molecule has 1 aliphatic heterocycles. The van der Waals surface area contributed by atoms with Gasteiger partial charge in [-0.1, -0.05) is 23.7 Å². The quantitative estimate of drug-likeness (QED) is 0.750. The van der Waals surface area contributed by atoms with Crippen molar-refractivity contribution in [3.8, 4) is 0 Å². The highest BCUT2D eigenvalue weighted by Crippen LogP contribution is 2.37. The van der Waals surface area contributed by atoms with Gasteiger partial charge in [0.15, 0.2) is 0 Å². The molecular weight excluding hydrogens is 346 g/mol.